The average molecular weight is 403 g/mol. The lowest BCUT2D eigenvalue weighted by atomic mass is 9.89. The summed E-state index contributed by atoms with van der Waals surface area (Å²) in [5, 5.41) is 5.64. The number of rotatable bonds is 9. The molecule has 0 bridgehead atoms. The van der Waals surface area contributed by atoms with Gasteiger partial charge in [-0.15, -0.1) is 0 Å². The number of nitrogens with one attached hydrogen (secondary N) is 2. The zero-order chi connectivity index (χ0) is 21.2. The van der Waals surface area contributed by atoms with Crippen molar-refractivity contribution in [2.24, 2.45) is 11.8 Å². The number of amides is 2. The molecule has 0 saturated heterocycles. The van der Waals surface area contributed by atoms with E-state index in [1.807, 2.05) is 44.2 Å². The minimum absolute atomic E-state index is 0.153. The topological polar surface area (TPSA) is 84.5 Å². The predicted octanol–water partition coefficient (Wildman–Crippen LogP) is 3.00. The Bertz CT molecular complexity index is 669. The van der Waals surface area contributed by atoms with E-state index in [0.717, 1.165) is 18.4 Å². The van der Waals surface area contributed by atoms with E-state index in [-0.39, 0.29) is 24.2 Å². The van der Waals surface area contributed by atoms with Crippen LogP contribution in [0, 0.1) is 11.8 Å². The van der Waals surface area contributed by atoms with Crippen molar-refractivity contribution in [3.63, 3.8) is 0 Å². The van der Waals surface area contributed by atoms with Crippen LogP contribution in [0.1, 0.15) is 58.4 Å². The van der Waals surface area contributed by atoms with Gasteiger partial charge in [0.05, 0.1) is 6.42 Å². The summed E-state index contributed by atoms with van der Waals surface area (Å²) in [6, 6.07) is 8.55. The largest absolute Gasteiger partial charge is 0.451 e. The third kappa shape index (κ3) is 7.87. The van der Waals surface area contributed by atoms with Gasteiger partial charge in [0.15, 0.2) is 6.10 Å². The normalized spacial score (nSPS) is 16.7. The van der Waals surface area contributed by atoms with Crippen LogP contribution in [0.25, 0.3) is 0 Å². The number of hydrogen-bond acceptors (Lipinski definition) is 4. The van der Waals surface area contributed by atoms with Crippen LogP contribution in [0.5, 0.6) is 0 Å². The molecule has 29 heavy (non-hydrogen) atoms. The quantitative estimate of drug-likeness (QED) is 0.622. The van der Waals surface area contributed by atoms with Crippen LogP contribution in [0.2, 0.25) is 0 Å². The molecule has 6 heteroatoms. The van der Waals surface area contributed by atoms with Gasteiger partial charge in [-0.1, -0.05) is 63.4 Å². The molecule has 1 fully saturated rings. The summed E-state index contributed by atoms with van der Waals surface area (Å²) in [5.41, 5.74) is 0.872. The van der Waals surface area contributed by atoms with Gasteiger partial charge in [-0.05, 0) is 37.2 Å². The van der Waals surface area contributed by atoms with Gasteiger partial charge >= 0.3 is 5.97 Å². The first kappa shape index (κ1) is 22.9. The van der Waals surface area contributed by atoms with Gasteiger partial charge in [-0.2, -0.15) is 0 Å². The monoisotopic (exact) mass is 402 g/mol. The Hall–Kier alpha value is -2.37. The van der Waals surface area contributed by atoms with E-state index in [2.05, 4.69) is 10.6 Å². The number of hydrogen-bond donors (Lipinski definition) is 2. The fourth-order valence-electron chi connectivity index (χ4n) is 3.58. The van der Waals surface area contributed by atoms with Crippen molar-refractivity contribution in [2.75, 3.05) is 6.54 Å². The number of carbonyl (C=O) groups excluding carboxylic acids is 3. The maximum Gasteiger partial charge on any atom is 0.329 e. The number of benzene rings is 1. The number of ether oxygens (including phenoxy) is 1. The second kappa shape index (κ2) is 11.6. The van der Waals surface area contributed by atoms with Crippen LogP contribution < -0.4 is 10.6 Å². The second-order valence-electron chi connectivity index (χ2n) is 8.28. The predicted molar refractivity (Wildman–Crippen MR) is 112 cm³/mol. The Kier molecular flexibility index (Phi) is 9.16. The second-order valence-corrected chi connectivity index (χ2v) is 8.28. The van der Waals surface area contributed by atoms with Crippen molar-refractivity contribution in [2.45, 2.75) is 71.4 Å². The highest BCUT2D eigenvalue weighted by molar-refractivity contribution is 5.88. The van der Waals surface area contributed by atoms with E-state index in [4.69, 9.17) is 4.74 Å². The molecule has 160 valence electrons. The van der Waals surface area contributed by atoms with Gasteiger partial charge in [0, 0.05) is 6.54 Å². The van der Waals surface area contributed by atoms with Crippen LogP contribution in [-0.2, 0) is 25.5 Å². The Morgan fingerprint density at radius 2 is 1.69 bits per heavy atom. The molecule has 1 aromatic rings. The molecular weight excluding hydrogens is 368 g/mol. The van der Waals surface area contributed by atoms with Crippen molar-refractivity contribution in [3.8, 4) is 0 Å². The van der Waals surface area contributed by atoms with Crippen LogP contribution in [0.15, 0.2) is 30.3 Å². The molecule has 2 rings (SSSR count). The maximum absolute atomic E-state index is 12.6. The Labute approximate surface area is 173 Å². The lowest BCUT2D eigenvalue weighted by Crippen LogP contribution is -2.48. The fraction of sp³-hybridized carbons (Fsp3) is 0.609. The van der Waals surface area contributed by atoms with Crippen LogP contribution in [-0.4, -0.2) is 36.5 Å². The number of esters is 1. The zero-order valence-electron chi connectivity index (χ0n) is 17.8. The van der Waals surface area contributed by atoms with Gasteiger partial charge in [0.2, 0.25) is 5.91 Å². The fourth-order valence-corrected chi connectivity index (χ4v) is 3.58. The van der Waals surface area contributed by atoms with Crippen molar-refractivity contribution < 1.29 is 19.1 Å². The molecule has 0 spiro atoms. The van der Waals surface area contributed by atoms with Gasteiger partial charge in [-0.25, -0.2) is 4.79 Å². The van der Waals surface area contributed by atoms with Crippen LogP contribution >= 0.6 is 0 Å². The summed E-state index contributed by atoms with van der Waals surface area (Å²) in [7, 11) is 0. The Morgan fingerprint density at radius 1 is 1.03 bits per heavy atom. The maximum atomic E-state index is 12.6. The van der Waals surface area contributed by atoms with E-state index in [9.17, 15) is 14.4 Å². The molecular formula is C23H34N2O4. The van der Waals surface area contributed by atoms with E-state index in [1.54, 1.807) is 6.92 Å². The third-order valence-electron chi connectivity index (χ3n) is 5.40. The summed E-state index contributed by atoms with van der Waals surface area (Å²) in [6.07, 6.45) is 5.26. The van der Waals surface area contributed by atoms with Gasteiger partial charge < -0.3 is 15.4 Å². The van der Waals surface area contributed by atoms with Crippen LogP contribution in [0.4, 0.5) is 0 Å². The van der Waals surface area contributed by atoms with Gasteiger partial charge in [-0.3, -0.25) is 9.59 Å². The van der Waals surface area contributed by atoms with E-state index in [1.165, 1.54) is 19.3 Å². The number of carbonyl (C=O) groups is 3. The van der Waals surface area contributed by atoms with E-state index >= 15 is 0 Å². The molecule has 0 unspecified atom stereocenters. The molecule has 0 aliphatic heterocycles. The van der Waals surface area contributed by atoms with Crippen LogP contribution in [0.3, 0.4) is 0 Å². The molecule has 2 amide bonds. The molecule has 1 saturated carbocycles. The minimum atomic E-state index is -0.890. The average Bonchev–Trinajstić information content (AvgIpc) is 2.71. The lowest BCUT2D eigenvalue weighted by Gasteiger charge is -2.24. The van der Waals surface area contributed by atoms with Crippen molar-refractivity contribution in [1.82, 2.24) is 10.6 Å². The van der Waals surface area contributed by atoms with Gasteiger partial charge in [0.25, 0.3) is 5.91 Å². The molecule has 1 aliphatic carbocycles. The first-order valence-corrected chi connectivity index (χ1v) is 10.7. The van der Waals surface area contributed by atoms with E-state index < -0.39 is 18.1 Å². The zero-order valence-corrected chi connectivity index (χ0v) is 17.8. The summed E-state index contributed by atoms with van der Waals surface area (Å²) >= 11 is 0. The lowest BCUT2D eigenvalue weighted by molar-refractivity contribution is -0.158. The molecule has 6 nitrogen and oxygen atoms in total. The third-order valence-corrected chi connectivity index (χ3v) is 5.40. The molecule has 0 heterocycles. The summed E-state index contributed by atoms with van der Waals surface area (Å²) in [5.74, 6) is -0.763. The Balaban J connectivity index is 1.82. The molecule has 1 aliphatic rings. The molecule has 0 radical (unpaired) electrons. The standard InChI is InChI=1S/C23H34N2O4/c1-16(2)21(25-20(26)14-18-10-6-4-7-11-18)23(28)29-17(3)22(27)24-15-19-12-8-5-9-13-19/h4,6-7,10-11,16-17,19,21H,5,8-9,12-15H2,1-3H3,(H,24,27)(H,25,26)/t17-,21+/m1/s1. The highest BCUT2D eigenvalue weighted by atomic mass is 16.5. The molecule has 0 aromatic heterocycles. The Morgan fingerprint density at radius 3 is 2.31 bits per heavy atom. The van der Waals surface area contributed by atoms with Crippen molar-refractivity contribution >= 4 is 17.8 Å². The summed E-state index contributed by atoms with van der Waals surface area (Å²) < 4.78 is 5.36. The summed E-state index contributed by atoms with van der Waals surface area (Å²) in [4.78, 5) is 37.2. The van der Waals surface area contributed by atoms with Gasteiger partial charge in [0.1, 0.15) is 6.04 Å². The molecule has 2 N–H and O–H groups in total. The highest BCUT2D eigenvalue weighted by Crippen LogP contribution is 2.22. The molecule has 2 atom stereocenters. The summed E-state index contributed by atoms with van der Waals surface area (Å²) in [6.45, 7) is 5.87. The minimum Gasteiger partial charge on any atom is -0.451 e. The van der Waals surface area contributed by atoms with Crippen molar-refractivity contribution in [3.05, 3.63) is 35.9 Å². The highest BCUT2D eigenvalue weighted by Gasteiger charge is 2.29. The molecule has 1 aromatic carbocycles. The van der Waals surface area contributed by atoms with E-state index in [0.29, 0.717) is 12.5 Å². The first-order valence-electron chi connectivity index (χ1n) is 10.7. The smallest absolute Gasteiger partial charge is 0.329 e. The SMILES string of the molecule is CC(C)[C@H](NC(=O)Cc1ccccc1)C(=O)O[C@H](C)C(=O)NCC1CCCCC1. The first-order chi connectivity index (χ1) is 13.9. The van der Waals surface area contributed by atoms with Crippen molar-refractivity contribution in [1.29, 1.82) is 0 Å².